The monoisotopic (exact) mass is 362 g/mol. The third kappa shape index (κ3) is 4.68. The second-order valence-corrected chi connectivity index (χ2v) is 6.42. The van der Waals surface area contributed by atoms with Crippen LogP contribution in [0.15, 0.2) is 42.5 Å². The molecule has 1 heterocycles. The van der Waals surface area contributed by atoms with Crippen molar-refractivity contribution < 1.29 is 14.3 Å². The minimum Gasteiger partial charge on any atom is -0.493 e. The number of ether oxygens (including phenoxy) is 2. The van der Waals surface area contributed by atoms with E-state index in [2.05, 4.69) is 11.4 Å². The molecule has 1 aliphatic heterocycles. The summed E-state index contributed by atoms with van der Waals surface area (Å²) in [4.78, 5) is 12.2. The Kier molecular flexibility index (Phi) is 5.77. The molecule has 0 saturated heterocycles. The van der Waals surface area contributed by atoms with Gasteiger partial charge in [-0.15, -0.1) is 0 Å². The molecule has 1 N–H and O–H groups in total. The maximum atomic E-state index is 12.2. The Hall–Kier alpha value is -3.26. The average Bonchev–Trinajstić information content (AvgIpc) is 3.01. The van der Waals surface area contributed by atoms with E-state index in [0.29, 0.717) is 18.7 Å². The summed E-state index contributed by atoms with van der Waals surface area (Å²) in [7, 11) is 0. The first-order valence-corrected chi connectivity index (χ1v) is 9.00. The van der Waals surface area contributed by atoms with Crippen LogP contribution < -0.4 is 14.8 Å². The van der Waals surface area contributed by atoms with Gasteiger partial charge in [-0.1, -0.05) is 12.1 Å². The Balaban J connectivity index is 1.72. The van der Waals surface area contributed by atoms with Crippen molar-refractivity contribution in [3.63, 3.8) is 0 Å². The predicted molar refractivity (Wildman–Crippen MR) is 105 cm³/mol. The molecule has 1 amide bonds. The molecule has 3 rings (SSSR count). The lowest BCUT2D eigenvalue weighted by atomic mass is 10.1. The summed E-state index contributed by atoms with van der Waals surface area (Å²) in [5, 5.41) is 11.5. The van der Waals surface area contributed by atoms with Gasteiger partial charge in [0.25, 0.3) is 0 Å². The first-order chi connectivity index (χ1) is 13.1. The number of nitrogens with one attached hydrogen (secondary N) is 1. The zero-order chi connectivity index (χ0) is 19.2. The van der Waals surface area contributed by atoms with Crippen LogP contribution in [0.2, 0.25) is 0 Å². The van der Waals surface area contributed by atoms with Crippen LogP contribution in [0.1, 0.15) is 30.5 Å². The summed E-state index contributed by atoms with van der Waals surface area (Å²) >= 11 is 0. The molecule has 5 nitrogen and oxygen atoms in total. The quantitative estimate of drug-likeness (QED) is 0.785. The molecular weight excluding hydrogens is 340 g/mol. The van der Waals surface area contributed by atoms with Gasteiger partial charge in [0.1, 0.15) is 17.6 Å². The maximum absolute atomic E-state index is 12.2. The Morgan fingerprint density at radius 3 is 2.85 bits per heavy atom. The van der Waals surface area contributed by atoms with Gasteiger partial charge in [-0.2, -0.15) is 5.26 Å². The van der Waals surface area contributed by atoms with Crippen molar-refractivity contribution in [1.82, 2.24) is 0 Å². The normalized spacial score (nSPS) is 15.1. The molecule has 27 heavy (non-hydrogen) atoms. The van der Waals surface area contributed by atoms with Gasteiger partial charge in [0.15, 0.2) is 0 Å². The molecule has 2 aromatic carbocycles. The van der Waals surface area contributed by atoms with Crippen LogP contribution in [0.3, 0.4) is 0 Å². The standard InChI is InChI=1S/C22H22N2O3/c1-3-26-20-14-18-12-15(2)27-21(18)13-17(20)6-9-22(25)24-19-7-4-16(5-8-19)10-11-23/h4-9,13-15H,3,10,12H2,1-2H3,(H,24,25)/b9-6+/t15-/m0/s1. The van der Waals surface area contributed by atoms with Crippen LogP contribution >= 0.6 is 0 Å². The third-order valence-corrected chi connectivity index (χ3v) is 4.25. The third-order valence-electron chi connectivity index (χ3n) is 4.25. The van der Waals surface area contributed by atoms with Crippen LogP contribution in [-0.2, 0) is 17.6 Å². The summed E-state index contributed by atoms with van der Waals surface area (Å²) in [6.07, 6.45) is 4.58. The summed E-state index contributed by atoms with van der Waals surface area (Å²) in [5.74, 6) is 1.36. The Labute approximate surface area is 159 Å². The fourth-order valence-corrected chi connectivity index (χ4v) is 3.01. The number of anilines is 1. The first-order valence-electron chi connectivity index (χ1n) is 9.00. The van der Waals surface area contributed by atoms with Crippen LogP contribution in [0.25, 0.3) is 6.08 Å². The van der Waals surface area contributed by atoms with Crippen molar-refractivity contribution in [3.05, 3.63) is 59.2 Å². The number of carbonyl (C=O) groups is 1. The highest BCUT2D eigenvalue weighted by molar-refractivity contribution is 6.02. The lowest BCUT2D eigenvalue weighted by Crippen LogP contribution is -2.07. The highest BCUT2D eigenvalue weighted by Gasteiger charge is 2.21. The SMILES string of the molecule is CCOc1cc2c(cc1/C=C/C(=O)Nc1ccc(CC#N)cc1)O[C@@H](C)C2. The topological polar surface area (TPSA) is 71.3 Å². The molecule has 0 saturated carbocycles. The van der Waals surface area contributed by atoms with E-state index in [9.17, 15) is 4.79 Å². The fourth-order valence-electron chi connectivity index (χ4n) is 3.01. The van der Waals surface area contributed by atoms with Crippen molar-refractivity contribution >= 4 is 17.7 Å². The molecule has 2 aromatic rings. The summed E-state index contributed by atoms with van der Waals surface area (Å²) in [6.45, 7) is 4.52. The molecule has 0 spiro atoms. The molecule has 138 valence electrons. The van der Waals surface area contributed by atoms with E-state index in [1.807, 2.05) is 38.1 Å². The lowest BCUT2D eigenvalue weighted by molar-refractivity contribution is -0.111. The van der Waals surface area contributed by atoms with Crippen molar-refractivity contribution in [2.75, 3.05) is 11.9 Å². The van der Waals surface area contributed by atoms with E-state index in [1.165, 1.54) is 6.08 Å². The number of fused-ring (bicyclic) bond motifs is 1. The molecule has 0 aliphatic carbocycles. The second kappa shape index (κ2) is 8.41. The number of rotatable bonds is 6. The summed E-state index contributed by atoms with van der Waals surface area (Å²) in [5.41, 5.74) is 3.54. The van der Waals surface area contributed by atoms with Crippen molar-refractivity contribution in [3.8, 4) is 17.6 Å². The van der Waals surface area contributed by atoms with E-state index in [-0.39, 0.29) is 12.0 Å². The van der Waals surface area contributed by atoms with Crippen LogP contribution in [0, 0.1) is 11.3 Å². The molecule has 0 bridgehead atoms. The van der Waals surface area contributed by atoms with E-state index in [4.69, 9.17) is 14.7 Å². The van der Waals surface area contributed by atoms with Crippen molar-refractivity contribution in [2.24, 2.45) is 0 Å². The van der Waals surface area contributed by atoms with Crippen LogP contribution in [0.4, 0.5) is 5.69 Å². The fraction of sp³-hybridized carbons (Fsp3) is 0.273. The van der Waals surface area contributed by atoms with Gasteiger partial charge in [-0.25, -0.2) is 0 Å². The van der Waals surface area contributed by atoms with E-state index in [1.54, 1.807) is 18.2 Å². The molecule has 0 fully saturated rings. The molecule has 0 unspecified atom stereocenters. The number of nitrogens with zero attached hydrogens (tertiary/aromatic N) is 1. The van der Waals surface area contributed by atoms with Gasteiger partial charge >= 0.3 is 0 Å². The number of nitriles is 1. The second-order valence-electron chi connectivity index (χ2n) is 6.42. The zero-order valence-electron chi connectivity index (χ0n) is 15.5. The predicted octanol–water partition coefficient (Wildman–Crippen LogP) is 4.13. The summed E-state index contributed by atoms with van der Waals surface area (Å²) in [6, 6.07) is 13.2. The number of carbonyl (C=O) groups excluding carboxylic acids is 1. The van der Waals surface area contributed by atoms with Gasteiger partial charge in [-0.3, -0.25) is 4.79 Å². The van der Waals surface area contributed by atoms with Gasteiger partial charge in [0.2, 0.25) is 5.91 Å². The minimum absolute atomic E-state index is 0.154. The molecule has 5 heteroatoms. The van der Waals surface area contributed by atoms with Gasteiger partial charge in [-0.05, 0) is 49.8 Å². The maximum Gasteiger partial charge on any atom is 0.248 e. The first kappa shape index (κ1) is 18.5. The molecular formula is C22H22N2O3. The summed E-state index contributed by atoms with van der Waals surface area (Å²) < 4.78 is 11.5. The number of amides is 1. The average molecular weight is 362 g/mol. The Morgan fingerprint density at radius 1 is 1.37 bits per heavy atom. The highest BCUT2D eigenvalue weighted by Crippen LogP contribution is 2.35. The molecule has 1 aliphatic rings. The molecule has 0 aromatic heterocycles. The van der Waals surface area contributed by atoms with Crippen molar-refractivity contribution in [1.29, 1.82) is 5.26 Å². The lowest BCUT2D eigenvalue weighted by Gasteiger charge is -2.10. The molecule has 0 radical (unpaired) electrons. The van der Waals surface area contributed by atoms with Crippen LogP contribution in [0.5, 0.6) is 11.5 Å². The van der Waals surface area contributed by atoms with Crippen LogP contribution in [-0.4, -0.2) is 18.6 Å². The zero-order valence-corrected chi connectivity index (χ0v) is 15.5. The number of hydrogen-bond acceptors (Lipinski definition) is 4. The van der Waals surface area contributed by atoms with E-state index in [0.717, 1.165) is 34.6 Å². The van der Waals surface area contributed by atoms with Crippen molar-refractivity contribution in [2.45, 2.75) is 32.8 Å². The minimum atomic E-state index is -0.236. The molecule has 1 atom stereocenters. The number of hydrogen-bond donors (Lipinski definition) is 1. The highest BCUT2D eigenvalue weighted by atomic mass is 16.5. The van der Waals surface area contributed by atoms with Gasteiger partial charge in [0, 0.05) is 29.3 Å². The largest absolute Gasteiger partial charge is 0.493 e. The smallest absolute Gasteiger partial charge is 0.248 e. The Morgan fingerprint density at radius 2 is 2.15 bits per heavy atom. The van der Waals surface area contributed by atoms with Gasteiger partial charge in [0.05, 0.1) is 19.1 Å². The van der Waals surface area contributed by atoms with Gasteiger partial charge < -0.3 is 14.8 Å². The Bertz CT molecular complexity index is 895. The number of benzene rings is 2. The van der Waals surface area contributed by atoms with E-state index < -0.39 is 0 Å². The van der Waals surface area contributed by atoms with E-state index >= 15 is 0 Å².